The molecular weight excluding hydrogens is 253 g/mol. The zero-order valence-corrected chi connectivity index (χ0v) is 11.1. The van der Waals surface area contributed by atoms with E-state index >= 15 is 0 Å². The second kappa shape index (κ2) is 5.55. The quantitative estimate of drug-likeness (QED) is 0.909. The van der Waals surface area contributed by atoms with Gasteiger partial charge in [0.2, 0.25) is 0 Å². The smallest absolute Gasteiger partial charge is 0.145 e. The largest absolute Gasteiger partial charge is 0.465 e. The normalized spacial score (nSPS) is 12.7. The van der Waals surface area contributed by atoms with E-state index in [4.69, 9.17) is 16.0 Å². The average molecular weight is 268 g/mol. The Morgan fingerprint density at radius 1 is 1.33 bits per heavy atom. The third kappa shape index (κ3) is 2.74. The Kier molecular flexibility index (Phi) is 4.04. The monoisotopic (exact) mass is 267 g/mol. The van der Waals surface area contributed by atoms with Crippen LogP contribution in [0.2, 0.25) is 5.02 Å². The van der Waals surface area contributed by atoms with Crippen LogP contribution in [0.5, 0.6) is 0 Å². The minimum Gasteiger partial charge on any atom is -0.465 e. The minimum absolute atomic E-state index is 0.0633. The Morgan fingerprint density at radius 3 is 2.72 bits per heavy atom. The lowest BCUT2D eigenvalue weighted by molar-refractivity contribution is 0.411. The van der Waals surface area contributed by atoms with Gasteiger partial charge in [0.15, 0.2) is 0 Å². The fourth-order valence-electron chi connectivity index (χ4n) is 1.91. The first-order valence-electron chi connectivity index (χ1n) is 5.78. The molecule has 0 aliphatic carbocycles. The van der Waals surface area contributed by atoms with E-state index in [1.165, 1.54) is 0 Å². The van der Waals surface area contributed by atoms with Crippen LogP contribution in [0, 0.1) is 12.7 Å². The second-order valence-electron chi connectivity index (χ2n) is 4.21. The lowest BCUT2D eigenvalue weighted by atomic mass is 10.0. The van der Waals surface area contributed by atoms with Crippen LogP contribution >= 0.6 is 11.6 Å². The average Bonchev–Trinajstić information content (AvgIpc) is 2.78. The van der Waals surface area contributed by atoms with Crippen molar-refractivity contribution in [3.05, 3.63) is 58.3 Å². The molecule has 0 saturated carbocycles. The highest BCUT2D eigenvalue weighted by Gasteiger charge is 2.16. The van der Waals surface area contributed by atoms with Gasteiger partial charge in [0.1, 0.15) is 17.3 Å². The van der Waals surface area contributed by atoms with E-state index in [0.29, 0.717) is 12.0 Å². The van der Waals surface area contributed by atoms with Crippen LogP contribution in [0.25, 0.3) is 0 Å². The molecule has 1 unspecified atom stereocenters. The minimum atomic E-state index is -0.359. The van der Waals surface area contributed by atoms with Crippen molar-refractivity contribution in [3.63, 3.8) is 0 Å². The van der Waals surface area contributed by atoms with Crippen LogP contribution in [0.4, 0.5) is 4.39 Å². The van der Waals surface area contributed by atoms with Crippen molar-refractivity contribution in [1.82, 2.24) is 5.32 Å². The van der Waals surface area contributed by atoms with E-state index in [0.717, 1.165) is 11.5 Å². The van der Waals surface area contributed by atoms with Crippen molar-refractivity contribution in [2.24, 2.45) is 0 Å². The summed E-state index contributed by atoms with van der Waals surface area (Å²) < 4.78 is 19.4. The first-order chi connectivity index (χ1) is 8.61. The third-order valence-corrected chi connectivity index (χ3v) is 3.20. The molecular formula is C14H15ClFNO. The van der Waals surface area contributed by atoms with E-state index in [-0.39, 0.29) is 16.9 Å². The summed E-state index contributed by atoms with van der Waals surface area (Å²) in [7, 11) is 1.82. The summed E-state index contributed by atoms with van der Waals surface area (Å²) >= 11 is 5.77. The van der Waals surface area contributed by atoms with Gasteiger partial charge in [-0.1, -0.05) is 23.7 Å². The maximum atomic E-state index is 13.8. The lowest BCUT2D eigenvalue weighted by Gasteiger charge is -2.14. The maximum Gasteiger partial charge on any atom is 0.145 e. The zero-order chi connectivity index (χ0) is 13.1. The molecule has 0 saturated heterocycles. The Balaban J connectivity index is 2.23. The zero-order valence-electron chi connectivity index (χ0n) is 10.3. The van der Waals surface area contributed by atoms with Crippen molar-refractivity contribution in [2.75, 3.05) is 7.05 Å². The molecule has 0 aliphatic heterocycles. The van der Waals surface area contributed by atoms with Gasteiger partial charge < -0.3 is 9.73 Å². The molecule has 4 heteroatoms. The highest BCUT2D eigenvalue weighted by molar-refractivity contribution is 6.30. The molecule has 18 heavy (non-hydrogen) atoms. The van der Waals surface area contributed by atoms with Gasteiger partial charge in [0.05, 0.1) is 11.1 Å². The standard InChI is InChI=1S/C14H15ClFNO/c1-9-6-7-13(18-9)12(17-2)8-10-4-3-5-11(15)14(10)16/h3-7,12,17H,8H2,1-2H3. The summed E-state index contributed by atoms with van der Waals surface area (Å²) in [6, 6.07) is 8.77. The summed E-state index contributed by atoms with van der Waals surface area (Å²) in [5.41, 5.74) is 0.580. The summed E-state index contributed by atoms with van der Waals surface area (Å²) in [6.45, 7) is 1.89. The van der Waals surface area contributed by atoms with Gasteiger partial charge in [0, 0.05) is 0 Å². The van der Waals surface area contributed by atoms with E-state index in [9.17, 15) is 4.39 Å². The summed E-state index contributed by atoms with van der Waals surface area (Å²) in [5.74, 6) is 1.29. The molecule has 0 fully saturated rings. The van der Waals surface area contributed by atoms with Crippen molar-refractivity contribution in [1.29, 1.82) is 0 Å². The van der Waals surface area contributed by atoms with Crippen LogP contribution in [0.1, 0.15) is 23.1 Å². The summed E-state index contributed by atoms with van der Waals surface area (Å²) in [6.07, 6.45) is 0.496. The molecule has 2 rings (SSSR count). The van der Waals surface area contributed by atoms with Gasteiger partial charge in [-0.05, 0) is 44.2 Å². The van der Waals surface area contributed by atoms with Crippen LogP contribution in [-0.4, -0.2) is 7.05 Å². The number of halogens is 2. The van der Waals surface area contributed by atoms with Crippen LogP contribution in [-0.2, 0) is 6.42 Å². The number of furan rings is 1. The van der Waals surface area contributed by atoms with Gasteiger partial charge in [-0.3, -0.25) is 0 Å². The molecule has 1 aromatic heterocycles. The van der Waals surface area contributed by atoms with Gasteiger partial charge in [-0.2, -0.15) is 0 Å². The molecule has 1 N–H and O–H groups in total. The van der Waals surface area contributed by atoms with E-state index in [2.05, 4.69) is 5.32 Å². The van der Waals surface area contributed by atoms with Crippen molar-refractivity contribution >= 4 is 11.6 Å². The van der Waals surface area contributed by atoms with Crippen molar-refractivity contribution in [2.45, 2.75) is 19.4 Å². The molecule has 0 bridgehead atoms. The third-order valence-electron chi connectivity index (χ3n) is 2.91. The fourth-order valence-corrected chi connectivity index (χ4v) is 2.11. The Bertz CT molecular complexity index is 538. The van der Waals surface area contributed by atoms with Gasteiger partial charge in [-0.15, -0.1) is 0 Å². The van der Waals surface area contributed by atoms with Crippen molar-refractivity contribution in [3.8, 4) is 0 Å². The topological polar surface area (TPSA) is 25.2 Å². The van der Waals surface area contributed by atoms with Crippen molar-refractivity contribution < 1.29 is 8.81 Å². The highest BCUT2D eigenvalue weighted by atomic mass is 35.5. The Labute approximate surface area is 111 Å². The first-order valence-corrected chi connectivity index (χ1v) is 6.16. The summed E-state index contributed by atoms with van der Waals surface area (Å²) in [4.78, 5) is 0. The predicted molar refractivity (Wildman–Crippen MR) is 70.4 cm³/mol. The van der Waals surface area contributed by atoms with E-state index < -0.39 is 0 Å². The number of hydrogen-bond acceptors (Lipinski definition) is 2. The molecule has 0 amide bonds. The number of rotatable bonds is 4. The number of benzene rings is 1. The van der Waals surface area contributed by atoms with E-state index in [1.54, 1.807) is 18.2 Å². The van der Waals surface area contributed by atoms with E-state index in [1.807, 2.05) is 26.1 Å². The summed E-state index contributed by atoms with van der Waals surface area (Å²) in [5, 5.41) is 3.27. The molecule has 96 valence electrons. The van der Waals surface area contributed by atoms with Gasteiger partial charge in [0.25, 0.3) is 0 Å². The SMILES string of the molecule is CNC(Cc1cccc(Cl)c1F)c1ccc(C)o1. The molecule has 0 aliphatic rings. The lowest BCUT2D eigenvalue weighted by Crippen LogP contribution is -2.18. The van der Waals surface area contributed by atoms with Gasteiger partial charge >= 0.3 is 0 Å². The Morgan fingerprint density at radius 2 is 2.11 bits per heavy atom. The van der Waals surface area contributed by atoms with Gasteiger partial charge in [-0.25, -0.2) is 4.39 Å². The molecule has 2 nitrogen and oxygen atoms in total. The molecule has 1 aromatic carbocycles. The fraction of sp³-hybridized carbons (Fsp3) is 0.286. The predicted octanol–water partition coefficient (Wildman–Crippen LogP) is 3.88. The van der Waals surface area contributed by atoms with Crippen LogP contribution < -0.4 is 5.32 Å². The second-order valence-corrected chi connectivity index (χ2v) is 4.61. The molecule has 1 heterocycles. The molecule has 1 atom stereocenters. The first kappa shape index (κ1) is 13.1. The number of hydrogen-bond donors (Lipinski definition) is 1. The Hall–Kier alpha value is -1.32. The number of nitrogens with one attached hydrogen (secondary N) is 1. The molecule has 0 spiro atoms. The molecule has 0 radical (unpaired) electrons. The van der Waals surface area contributed by atoms with Crippen LogP contribution in [0.3, 0.4) is 0 Å². The molecule has 2 aromatic rings. The number of likely N-dealkylation sites (N-methyl/N-ethyl adjacent to an activating group) is 1. The highest BCUT2D eigenvalue weighted by Crippen LogP contribution is 2.24. The van der Waals surface area contributed by atoms with Crippen LogP contribution in [0.15, 0.2) is 34.7 Å². The number of aryl methyl sites for hydroxylation is 1. The maximum absolute atomic E-state index is 13.8.